The second-order valence-corrected chi connectivity index (χ2v) is 4.80. The molecular formula is C11H15BrN2. The first-order valence-corrected chi connectivity index (χ1v) is 5.72. The van der Waals surface area contributed by atoms with Gasteiger partial charge in [0.2, 0.25) is 0 Å². The molecule has 2 nitrogen and oxygen atoms in total. The van der Waals surface area contributed by atoms with Crippen molar-refractivity contribution in [3.63, 3.8) is 0 Å². The van der Waals surface area contributed by atoms with E-state index >= 15 is 0 Å². The van der Waals surface area contributed by atoms with Gasteiger partial charge in [-0.2, -0.15) is 0 Å². The largest absolute Gasteiger partial charge is 0.374 e. The van der Waals surface area contributed by atoms with Gasteiger partial charge in [-0.3, -0.25) is 0 Å². The zero-order valence-corrected chi connectivity index (χ0v) is 9.92. The van der Waals surface area contributed by atoms with Crippen molar-refractivity contribution in [3.8, 4) is 0 Å². The van der Waals surface area contributed by atoms with E-state index in [-0.39, 0.29) is 0 Å². The van der Waals surface area contributed by atoms with Gasteiger partial charge in [-0.25, -0.2) is 0 Å². The van der Waals surface area contributed by atoms with E-state index in [9.17, 15) is 0 Å². The van der Waals surface area contributed by atoms with Crippen LogP contribution in [-0.2, 0) is 0 Å². The van der Waals surface area contributed by atoms with Gasteiger partial charge in [0.1, 0.15) is 0 Å². The van der Waals surface area contributed by atoms with Crippen molar-refractivity contribution < 1.29 is 0 Å². The third-order valence-corrected chi connectivity index (χ3v) is 3.14. The second kappa shape index (κ2) is 4.32. The van der Waals surface area contributed by atoms with Gasteiger partial charge in [0.25, 0.3) is 0 Å². The Morgan fingerprint density at radius 2 is 2.29 bits per heavy atom. The second-order valence-electron chi connectivity index (χ2n) is 3.88. The first-order valence-electron chi connectivity index (χ1n) is 4.93. The van der Waals surface area contributed by atoms with Gasteiger partial charge in [0, 0.05) is 42.8 Å². The fourth-order valence-electron chi connectivity index (χ4n) is 1.68. The summed E-state index contributed by atoms with van der Waals surface area (Å²) >= 11 is 3.49. The fourth-order valence-corrected chi connectivity index (χ4v) is 2.07. The topological polar surface area (TPSA) is 15.3 Å². The van der Waals surface area contributed by atoms with Crippen LogP contribution in [0.3, 0.4) is 0 Å². The Morgan fingerprint density at radius 3 is 2.86 bits per heavy atom. The van der Waals surface area contributed by atoms with Crippen LogP contribution in [0.25, 0.3) is 0 Å². The molecule has 1 aromatic rings. The van der Waals surface area contributed by atoms with E-state index in [1.54, 1.807) is 0 Å². The normalized spacial score (nSPS) is 16.4. The maximum Gasteiger partial charge on any atom is 0.0375 e. The lowest BCUT2D eigenvalue weighted by Crippen LogP contribution is -2.47. The highest BCUT2D eigenvalue weighted by atomic mass is 79.9. The third-order valence-electron chi connectivity index (χ3n) is 2.65. The van der Waals surface area contributed by atoms with Crippen molar-refractivity contribution in [3.05, 3.63) is 28.7 Å². The van der Waals surface area contributed by atoms with Crippen molar-refractivity contribution in [1.82, 2.24) is 5.32 Å². The minimum absolute atomic E-state index is 0.819. The molecule has 0 amide bonds. The molecule has 76 valence electrons. The summed E-state index contributed by atoms with van der Waals surface area (Å²) in [5.74, 6) is 0.819. The molecule has 1 aliphatic rings. The summed E-state index contributed by atoms with van der Waals surface area (Å²) in [4.78, 5) is 2.32. The van der Waals surface area contributed by atoms with Crippen LogP contribution < -0.4 is 10.2 Å². The van der Waals surface area contributed by atoms with Gasteiger partial charge in [-0.1, -0.05) is 22.0 Å². The number of halogens is 1. The Balaban J connectivity index is 1.98. The number of benzene rings is 1. The van der Waals surface area contributed by atoms with Crippen LogP contribution >= 0.6 is 15.9 Å². The highest BCUT2D eigenvalue weighted by molar-refractivity contribution is 9.10. The molecule has 1 fully saturated rings. The molecule has 0 aromatic heterocycles. The molecule has 0 atom stereocenters. The zero-order chi connectivity index (χ0) is 9.97. The predicted octanol–water partition coefficient (Wildman–Crippen LogP) is 2.10. The molecule has 0 spiro atoms. The number of rotatable bonds is 3. The first kappa shape index (κ1) is 9.99. The van der Waals surface area contributed by atoms with Crippen molar-refractivity contribution in [1.29, 1.82) is 0 Å². The monoisotopic (exact) mass is 254 g/mol. The summed E-state index contributed by atoms with van der Waals surface area (Å²) in [7, 11) is 2.15. The fraction of sp³-hybridized carbons (Fsp3) is 0.455. The van der Waals surface area contributed by atoms with Crippen LogP contribution in [0.4, 0.5) is 5.69 Å². The summed E-state index contributed by atoms with van der Waals surface area (Å²) < 4.78 is 1.15. The lowest BCUT2D eigenvalue weighted by atomic mass is 10.0. The molecule has 0 aliphatic carbocycles. The van der Waals surface area contributed by atoms with Crippen molar-refractivity contribution in [2.45, 2.75) is 0 Å². The van der Waals surface area contributed by atoms with Crippen LogP contribution in [0, 0.1) is 5.92 Å². The summed E-state index contributed by atoms with van der Waals surface area (Å²) in [5.41, 5.74) is 1.28. The van der Waals surface area contributed by atoms with Gasteiger partial charge in [0.05, 0.1) is 0 Å². The first-order chi connectivity index (χ1) is 6.75. The van der Waals surface area contributed by atoms with Gasteiger partial charge in [-0.15, -0.1) is 0 Å². The van der Waals surface area contributed by atoms with Gasteiger partial charge in [0.15, 0.2) is 0 Å². The number of nitrogens with one attached hydrogen (secondary N) is 1. The Kier molecular flexibility index (Phi) is 3.08. The van der Waals surface area contributed by atoms with E-state index in [2.05, 4.69) is 57.5 Å². The summed E-state index contributed by atoms with van der Waals surface area (Å²) in [6, 6.07) is 8.44. The van der Waals surface area contributed by atoms with E-state index in [0.717, 1.165) is 16.9 Å². The molecule has 1 saturated heterocycles. The van der Waals surface area contributed by atoms with Crippen molar-refractivity contribution in [2.24, 2.45) is 5.92 Å². The number of nitrogens with zero attached hydrogens (tertiary/aromatic N) is 1. The van der Waals surface area contributed by atoms with Gasteiger partial charge >= 0.3 is 0 Å². The lowest BCUT2D eigenvalue weighted by molar-refractivity contribution is 0.353. The predicted molar refractivity (Wildman–Crippen MR) is 63.8 cm³/mol. The maximum atomic E-state index is 3.49. The summed E-state index contributed by atoms with van der Waals surface area (Å²) in [6.07, 6.45) is 0. The molecule has 0 bridgehead atoms. The van der Waals surface area contributed by atoms with E-state index in [0.29, 0.717) is 0 Å². The number of hydrogen-bond donors (Lipinski definition) is 1. The van der Waals surface area contributed by atoms with Crippen LogP contribution in [-0.4, -0.2) is 26.7 Å². The molecule has 0 saturated carbocycles. The van der Waals surface area contributed by atoms with Crippen LogP contribution in [0.15, 0.2) is 28.7 Å². The zero-order valence-electron chi connectivity index (χ0n) is 8.33. The Morgan fingerprint density at radius 1 is 1.50 bits per heavy atom. The average Bonchev–Trinajstić information content (AvgIpc) is 2.11. The molecular weight excluding hydrogens is 240 g/mol. The smallest absolute Gasteiger partial charge is 0.0375 e. The number of anilines is 1. The molecule has 1 heterocycles. The van der Waals surface area contributed by atoms with Crippen molar-refractivity contribution in [2.75, 3.05) is 31.6 Å². The SMILES string of the molecule is CN(CC1CNC1)c1cccc(Br)c1. The van der Waals surface area contributed by atoms with E-state index in [1.807, 2.05) is 0 Å². The quantitative estimate of drug-likeness (QED) is 0.889. The molecule has 14 heavy (non-hydrogen) atoms. The van der Waals surface area contributed by atoms with E-state index in [1.165, 1.54) is 18.8 Å². The van der Waals surface area contributed by atoms with Crippen molar-refractivity contribution >= 4 is 21.6 Å². The molecule has 0 unspecified atom stereocenters. The van der Waals surface area contributed by atoms with Crippen LogP contribution in [0.1, 0.15) is 0 Å². The third kappa shape index (κ3) is 2.28. The number of hydrogen-bond acceptors (Lipinski definition) is 2. The van der Waals surface area contributed by atoms with E-state index in [4.69, 9.17) is 0 Å². The molecule has 1 aliphatic heterocycles. The minimum atomic E-state index is 0.819. The molecule has 3 heteroatoms. The Hall–Kier alpha value is -0.540. The highest BCUT2D eigenvalue weighted by Crippen LogP contribution is 2.20. The molecule has 1 aromatic carbocycles. The van der Waals surface area contributed by atoms with Crippen LogP contribution in [0.5, 0.6) is 0 Å². The van der Waals surface area contributed by atoms with Gasteiger partial charge < -0.3 is 10.2 Å². The Labute approximate surface area is 93.4 Å². The maximum absolute atomic E-state index is 3.49. The molecule has 2 rings (SSSR count). The average molecular weight is 255 g/mol. The van der Waals surface area contributed by atoms with E-state index < -0.39 is 0 Å². The van der Waals surface area contributed by atoms with Crippen LogP contribution in [0.2, 0.25) is 0 Å². The lowest BCUT2D eigenvalue weighted by Gasteiger charge is -2.32. The Bertz CT molecular complexity index is 310. The molecule has 0 radical (unpaired) electrons. The summed E-state index contributed by atoms with van der Waals surface area (Å²) in [6.45, 7) is 3.47. The highest BCUT2D eigenvalue weighted by Gasteiger charge is 2.18. The minimum Gasteiger partial charge on any atom is -0.374 e. The van der Waals surface area contributed by atoms with Gasteiger partial charge in [-0.05, 0) is 18.2 Å². The standard InChI is InChI=1S/C11H15BrN2/c1-14(8-9-6-13-7-9)11-4-2-3-10(12)5-11/h2-5,9,13H,6-8H2,1H3. The summed E-state index contributed by atoms with van der Waals surface area (Å²) in [5, 5.41) is 3.29. The molecule has 1 N–H and O–H groups in total.